The van der Waals surface area contributed by atoms with Gasteiger partial charge in [0.2, 0.25) is 5.91 Å². The fourth-order valence-corrected chi connectivity index (χ4v) is 2.42. The molecule has 19 heavy (non-hydrogen) atoms. The van der Waals surface area contributed by atoms with E-state index in [0.29, 0.717) is 12.3 Å². The molecule has 0 aliphatic heterocycles. The minimum absolute atomic E-state index is 0.135. The summed E-state index contributed by atoms with van der Waals surface area (Å²) in [4.78, 5) is 14.4. The lowest BCUT2D eigenvalue weighted by Gasteiger charge is -2.30. The minimum atomic E-state index is -0.261. The highest BCUT2D eigenvalue weighted by Gasteiger charge is 2.24. The van der Waals surface area contributed by atoms with Gasteiger partial charge in [-0.3, -0.25) is 4.79 Å². The monoisotopic (exact) mass is 279 g/mol. The standard InChI is InChI=1S/C16H25NOS/c1-12(2)11-17(13(3)4)16(18)15(19)10-14-8-6-5-7-9-14/h5-9,12-13,15,19H,10-11H2,1-4H3. The Morgan fingerprint density at radius 1 is 1.16 bits per heavy atom. The lowest BCUT2D eigenvalue weighted by Crippen LogP contribution is -2.44. The number of amides is 1. The number of hydrogen-bond donors (Lipinski definition) is 1. The molecule has 0 aromatic heterocycles. The van der Waals surface area contributed by atoms with Crippen LogP contribution in [-0.2, 0) is 11.2 Å². The summed E-state index contributed by atoms with van der Waals surface area (Å²) in [6.07, 6.45) is 0.685. The predicted molar refractivity (Wildman–Crippen MR) is 84.6 cm³/mol. The molecule has 1 atom stereocenters. The van der Waals surface area contributed by atoms with E-state index in [2.05, 4.69) is 40.3 Å². The lowest BCUT2D eigenvalue weighted by molar-refractivity contribution is -0.132. The third-order valence-corrected chi connectivity index (χ3v) is 3.43. The molecule has 0 aliphatic carbocycles. The van der Waals surface area contributed by atoms with E-state index < -0.39 is 0 Å². The Bertz CT molecular complexity index is 389. The van der Waals surface area contributed by atoms with Gasteiger partial charge in [-0.05, 0) is 31.7 Å². The molecule has 0 N–H and O–H groups in total. The van der Waals surface area contributed by atoms with Crippen LogP contribution < -0.4 is 0 Å². The average molecular weight is 279 g/mol. The van der Waals surface area contributed by atoms with Crippen LogP contribution in [0.4, 0.5) is 0 Å². The van der Waals surface area contributed by atoms with Gasteiger partial charge in [0.25, 0.3) is 0 Å². The van der Waals surface area contributed by atoms with Crippen LogP contribution in [0.15, 0.2) is 30.3 Å². The SMILES string of the molecule is CC(C)CN(C(=O)C(S)Cc1ccccc1)C(C)C. The predicted octanol–water partition coefficient (Wildman–Crippen LogP) is 3.42. The number of carbonyl (C=O) groups excluding carboxylic acids is 1. The van der Waals surface area contributed by atoms with Gasteiger partial charge in [0.05, 0.1) is 5.25 Å². The fourth-order valence-electron chi connectivity index (χ4n) is 2.06. The summed E-state index contributed by atoms with van der Waals surface area (Å²) in [5.41, 5.74) is 1.16. The van der Waals surface area contributed by atoms with E-state index in [4.69, 9.17) is 0 Å². The maximum atomic E-state index is 12.5. The summed E-state index contributed by atoms with van der Waals surface area (Å²) in [5.74, 6) is 0.611. The molecular weight excluding hydrogens is 254 g/mol. The van der Waals surface area contributed by atoms with Crippen molar-refractivity contribution < 1.29 is 4.79 Å². The first-order chi connectivity index (χ1) is 8.91. The van der Waals surface area contributed by atoms with Gasteiger partial charge in [-0.2, -0.15) is 12.6 Å². The number of thiol groups is 1. The Hall–Kier alpha value is -0.960. The van der Waals surface area contributed by atoms with Gasteiger partial charge in [0.15, 0.2) is 0 Å². The normalized spacial score (nSPS) is 12.8. The van der Waals surface area contributed by atoms with Crippen molar-refractivity contribution in [1.82, 2.24) is 4.90 Å². The van der Waals surface area contributed by atoms with Crippen molar-refractivity contribution in [1.29, 1.82) is 0 Å². The third kappa shape index (κ3) is 5.27. The van der Waals surface area contributed by atoms with Crippen LogP contribution in [0, 0.1) is 5.92 Å². The molecule has 0 saturated heterocycles. The molecule has 106 valence electrons. The first-order valence-corrected chi connectivity index (χ1v) is 7.46. The zero-order chi connectivity index (χ0) is 14.4. The van der Waals surface area contributed by atoms with Gasteiger partial charge in [0, 0.05) is 12.6 Å². The van der Waals surface area contributed by atoms with E-state index in [1.807, 2.05) is 35.2 Å². The van der Waals surface area contributed by atoms with Gasteiger partial charge in [-0.25, -0.2) is 0 Å². The van der Waals surface area contributed by atoms with Crippen LogP contribution in [0.1, 0.15) is 33.3 Å². The second kappa shape index (κ2) is 7.59. The maximum Gasteiger partial charge on any atom is 0.236 e. The lowest BCUT2D eigenvalue weighted by atomic mass is 10.1. The summed E-state index contributed by atoms with van der Waals surface area (Å²) in [7, 11) is 0. The van der Waals surface area contributed by atoms with Crippen LogP contribution >= 0.6 is 12.6 Å². The van der Waals surface area contributed by atoms with E-state index in [9.17, 15) is 4.79 Å². The Morgan fingerprint density at radius 3 is 2.21 bits per heavy atom. The van der Waals surface area contributed by atoms with Crippen LogP contribution in [-0.4, -0.2) is 28.6 Å². The molecule has 2 nitrogen and oxygen atoms in total. The van der Waals surface area contributed by atoms with Gasteiger partial charge in [-0.15, -0.1) is 0 Å². The van der Waals surface area contributed by atoms with Crippen LogP contribution in [0.2, 0.25) is 0 Å². The van der Waals surface area contributed by atoms with Crippen molar-refractivity contribution in [3.05, 3.63) is 35.9 Å². The Balaban J connectivity index is 2.68. The zero-order valence-electron chi connectivity index (χ0n) is 12.3. The van der Waals surface area contributed by atoms with E-state index in [0.717, 1.165) is 12.1 Å². The van der Waals surface area contributed by atoms with E-state index >= 15 is 0 Å². The summed E-state index contributed by atoms with van der Waals surface area (Å²) in [5, 5.41) is -0.261. The number of carbonyl (C=O) groups is 1. The van der Waals surface area contributed by atoms with Crippen molar-refractivity contribution in [2.45, 2.75) is 45.4 Å². The molecule has 1 unspecified atom stereocenters. The van der Waals surface area contributed by atoms with Crippen LogP contribution in [0.25, 0.3) is 0 Å². The molecule has 3 heteroatoms. The topological polar surface area (TPSA) is 20.3 Å². The Morgan fingerprint density at radius 2 is 1.74 bits per heavy atom. The molecule has 1 aromatic rings. The Labute approximate surface area is 122 Å². The van der Waals surface area contributed by atoms with Crippen molar-refractivity contribution in [2.75, 3.05) is 6.54 Å². The molecule has 0 aliphatic rings. The highest BCUT2D eigenvalue weighted by Crippen LogP contribution is 2.14. The molecule has 0 saturated carbocycles. The first kappa shape index (κ1) is 16.1. The van der Waals surface area contributed by atoms with Crippen molar-refractivity contribution in [2.24, 2.45) is 5.92 Å². The second-order valence-electron chi connectivity index (χ2n) is 5.68. The highest BCUT2D eigenvalue weighted by molar-refractivity contribution is 7.81. The average Bonchev–Trinajstić information content (AvgIpc) is 2.35. The number of hydrogen-bond acceptors (Lipinski definition) is 2. The smallest absolute Gasteiger partial charge is 0.236 e. The van der Waals surface area contributed by atoms with Crippen molar-refractivity contribution in [3.63, 3.8) is 0 Å². The molecule has 0 spiro atoms. The van der Waals surface area contributed by atoms with Crippen molar-refractivity contribution in [3.8, 4) is 0 Å². The molecule has 0 heterocycles. The Kier molecular flexibility index (Phi) is 6.43. The minimum Gasteiger partial charge on any atom is -0.339 e. The van der Waals surface area contributed by atoms with E-state index in [1.165, 1.54) is 0 Å². The van der Waals surface area contributed by atoms with Gasteiger partial charge >= 0.3 is 0 Å². The van der Waals surface area contributed by atoms with Gasteiger partial charge in [-0.1, -0.05) is 44.2 Å². The zero-order valence-corrected chi connectivity index (χ0v) is 13.2. The summed E-state index contributed by atoms with van der Waals surface area (Å²) >= 11 is 4.50. The summed E-state index contributed by atoms with van der Waals surface area (Å²) in [6, 6.07) is 10.3. The molecular formula is C16H25NOS. The van der Waals surface area contributed by atoms with Crippen LogP contribution in [0.5, 0.6) is 0 Å². The molecule has 1 amide bonds. The number of nitrogens with zero attached hydrogens (tertiary/aromatic N) is 1. The first-order valence-electron chi connectivity index (χ1n) is 6.94. The maximum absolute atomic E-state index is 12.5. The fraction of sp³-hybridized carbons (Fsp3) is 0.562. The van der Waals surface area contributed by atoms with E-state index in [-0.39, 0.29) is 17.2 Å². The number of benzene rings is 1. The van der Waals surface area contributed by atoms with Crippen LogP contribution in [0.3, 0.4) is 0 Å². The largest absolute Gasteiger partial charge is 0.339 e. The number of rotatable bonds is 6. The van der Waals surface area contributed by atoms with Crippen molar-refractivity contribution >= 4 is 18.5 Å². The van der Waals surface area contributed by atoms with Gasteiger partial charge in [0.1, 0.15) is 0 Å². The molecule has 0 bridgehead atoms. The summed E-state index contributed by atoms with van der Waals surface area (Å²) < 4.78 is 0. The van der Waals surface area contributed by atoms with E-state index in [1.54, 1.807) is 0 Å². The second-order valence-corrected chi connectivity index (χ2v) is 6.31. The molecule has 1 rings (SSSR count). The molecule has 0 radical (unpaired) electrons. The highest BCUT2D eigenvalue weighted by atomic mass is 32.1. The summed E-state index contributed by atoms with van der Waals surface area (Å²) in [6.45, 7) is 9.18. The third-order valence-electron chi connectivity index (χ3n) is 3.03. The molecule has 0 fully saturated rings. The van der Waals surface area contributed by atoms with Gasteiger partial charge < -0.3 is 4.90 Å². The molecule has 1 aromatic carbocycles. The quantitative estimate of drug-likeness (QED) is 0.791.